The van der Waals surface area contributed by atoms with Crippen molar-refractivity contribution in [3.05, 3.63) is 60.6 Å². The minimum absolute atomic E-state index is 0.144. The van der Waals surface area contributed by atoms with Gasteiger partial charge in [-0.2, -0.15) is 0 Å². The first-order chi connectivity index (χ1) is 15.9. The monoisotopic (exact) mass is 473 g/mol. The third-order valence-electron chi connectivity index (χ3n) is 5.64. The van der Waals surface area contributed by atoms with Gasteiger partial charge in [0.05, 0.1) is 11.2 Å². The molecule has 0 saturated carbocycles. The molecule has 3 aromatic rings. The van der Waals surface area contributed by atoms with E-state index in [1.165, 1.54) is 6.26 Å². The molecule has 0 bridgehead atoms. The van der Waals surface area contributed by atoms with Gasteiger partial charge in [0.15, 0.2) is 5.76 Å². The number of nitrogens with zero attached hydrogens (tertiary/aromatic N) is 1. The summed E-state index contributed by atoms with van der Waals surface area (Å²) in [5.74, 6) is -0.252. The molecule has 1 aliphatic rings. The maximum atomic E-state index is 13.3. The highest BCUT2D eigenvalue weighted by molar-refractivity contribution is 7.89. The largest absolute Gasteiger partial charge is 0.459 e. The van der Waals surface area contributed by atoms with Gasteiger partial charge in [-0.25, -0.2) is 13.1 Å². The maximum Gasteiger partial charge on any atom is 0.291 e. The minimum atomic E-state index is -3.82. The van der Waals surface area contributed by atoms with Crippen molar-refractivity contribution < 1.29 is 27.5 Å². The van der Waals surface area contributed by atoms with Crippen LogP contribution in [0.4, 0.5) is 5.69 Å². The number of piperidine rings is 1. The second kappa shape index (κ2) is 10.0. The molecule has 1 aromatic heterocycles. The summed E-state index contributed by atoms with van der Waals surface area (Å²) in [5, 5.41) is 13.9. The standard InChI is InChI=1S/C23H27N3O6S/c1-2-31-23(28)26-13-11-16(12-14-26)25-33(29,30)21-10-4-6-17-18(21)7-3-8-19(17)24-22(27)20-9-5-15-32-20/h3-10,15-16,23,25,28H,2,11-14H2,1H3,(H,24,27). The summed E-state index contributed by atoms with van der Waals surface area (Å²) in [6.45, 7) is 3.25. The summed E-state index contributed by atoms with van der Waals surface area (Å²) in [6.07, 6.45) is 1.55. The molecule has 2 heterocycles. The lowest BCUT2D eigenvalue weighted by atomic mass is 10.1. The molecule has 1 fully saturated rings. The lowest BCUT2D eigenvalue weighted by Gasteiger charge is -2.34. The Balaban J connectivity index is 1.52. The van der Waals surface area contributed by atoms with Gasteiger partial charge in [0.25, 0.3) is 5.91 Å². The number of fused-ring (bicyclic) bond motifs is 1. The molecule has 0 aliphatic carbocycles. The SMILES string of the molecule is CCOC(O)N1CCC(NS(=O)(=O)c2cccc3c(NC(=O)c4ccco4)cccc23)CC1. The van der Waals surface area contributed by atoms with E-state index in [1.54, 1.807) is 53.4 Å². The number of hydrogen-bond acceptors (Lipinski definition) is 7. The summed E-state index contributed by atoms with van der Waals surface area (Å²) in [4.78, 5) is 14.3. The Kier molecular flexibility index (Phi) is 7.11. The Morgan fingerprint density at radius 1 is 1.15 bits per heavy atom. The van der Waals surface area contributed by atoms with Crippen molar-refractivity contribution in [1.29, 1.82) is 0 Å². The molecule has 9 nitrogen and oxygen atoms in total. The lowest BCUT2D eigenvalue weighted by molar-refractivity contribution is -0.195. The molecule has 33 heavy (non-hydrogen) atoms. The molecular weight excluding hydrogens is 446 g/mol. The number of amides is 1. The zero-order chi connectivity index (χ0) is 23.4. The normalized spacial score (nSPS) is 16.7. The first-order valence-corrected chi connectivity index (χ1v) is 12.3. The number of ether oxygens (including phenoxy) is 1. The second-order valence-electron chi connectivity index (χ2n) is 7.80. The van der Waals surface area contributed by atoms with E-state index in [0.717, 1.165) is 0 Å². The van der Waals surface area contributed by atoms with Crippen molar-refractivity contribution in [3.8, 4) is 0 Å². The Morgan fingerprint density at radius 2 is 1.88 bits per heavy atom. The average Bonchev–Trinajstić information content (AvgIpc) is 3.34. The summed E-state index contributed by atoms with van der Waals surface area (Å²) >= 11 is 0. The minimum Gasteiger partial charge on any atom is -0.459 e. The maximum absolute atomic E-state index is 13.3. The molecule has 1 saturated heterocycles. The number of aliphatic hydroxyl groups excluding tert-OH is 1. The van der Waals surface area contributed by atoms with Crippen LogP contribution in [0.1, 0.15) is 30.3 Å². The second-order valence-corrected chi connectivity index (χ2v) is 9.48. The van der Waals surface area contributed by atoms with Gasteiger partial charge in [-0.15, -0.1) is 0 Å². The van der Waals surface area contributed by atoms with Crippen LogP contribution in [-0.2, 0) is 14.8 Å². The van der Waals surface area contributed by atoms with Gasteiger partial charge in [-0.05, 0) is 44.0 Å². The number of nitrogens with one attached hydrogen (secondary N) is 2. The van der Waals surface area contributed by atoms with E-state index in [2.05, 4.69) is 10.0 Å². The number of furan rings is 1. The Hall–Kier alpha value is -2.76. The van der Waals surface area contributed by atoms with Crippen LogP contribution in [0, 0.1) is 0 Å². The molecule has 176 valence electrons. The fraction of sp³-hybridized carbons (Fsp3) is 0.348. The van der Waals surface area contributed by atoms with Crippen LogP contribution in [0.25, 0.3) is 10.8 Å². The van der Waals surface area contributed by atoms with Crippen molar-refractivity contribution in [2.45, 2.75) is 37.1 Å². The molecule has 1 aliphatic heterocycles. The molecule has 3 N–H and O–H groups in total. The van der Waals surface area contributed by atoms with E-state index in [0.29, 0.717) is 49.0 Å². The lowest BCUT2D eigenvalue weighted by Crippen LogP contribution is -2.48. The predicted octanol–water partition coefficient (Wildman–Crippen LogP) is 2.74. The molecule has 0 spiro atoms. The number of sulfonamides is 1. The molecule has 1 amide bonds. The van der Waals surface area contributed by atoms with Gasteiger partial charge >= 0.3 is 0 Å². The van der Waals surface area contributed by atoms with Crippen molar-refractivity contribution in [2.75, 3.05) is 25.0 Å². The van der Waals surface area contributed by atoms with Crippen LogP contribution in [-0.4, -0.2) is 56.5 Å². The molecule has 2 aromatic carbocycles. The Labute approximate surface area is 192 Å². The first-order valence-electron chi connectivity index (χ1n) is 10.8. The Bertz CT molecular complexity index is 1200. The zero-order valence-corrected chi connectivity index (χ0v) is 19.0. The summed E-state index contributed by atoms with van der Waals surface area (Å²) in [7, 11) is -3.82. The van der Waals surface area contributed by atoms with E-state index in [1.807, 2.05) is 6.92 Å². The van der Waals surface area contributed by atoms with Gasteiger partial charge in [0.1, 0.15) is 0 Å². The average molecular weight is 474 g/mol. The van der Waals surface area contributed by atoms with Crippen LogP contribution in [0.3, 0.4) is 0 Å². The number of likely N-dealkylation sites (tertiary alicyclic amines) is 1. The number of carbonyl (C=O) groups is 1. The van der Waals surface area contributed by atoms with Gasteiger partial charge < -0.3 is 19.6 Å². The van der Waals surface area contributed by atoms with Crippen molar-refractivity contribution in [1.82, 2.24) is 9.62 Å². The summed E-state index contributed by atoms with van der Waals surface area (Å²) in [5.41, 5.74) is 0.490. The molecule has 10 heteroatoms. The predicted molar refractivity (Wildman–Crippen MR) is 123 cm³/mol. The highest BCUT2D eigenvalue weighted by atomic mass is 32.2. The summed E-state index contributed by atoms with van der Waals surface area (Å²) in [6, 6.07) is 13.0. The number of benzene rings is 2. The third kappa shape index (κ3) is 5.26. The number of rotatable bonds is 8. The van der Waals surface area contributed by atoms with E-state index < -0.39 is 22.3 Å². The van der Waals surface area contributed by atoms with Gasteiger partial charge in [-0.1, -0.05) is 24.3 Å². The smallest absolute Gasteiger partial charge is 0.291 e. The molecule has 1 atom stereocenters. The zero-order valence-electron chi connectivity index (χ0n) is 18.2. The van der Waals surface area contributed by atoms with Crippen molar-refractivity contribution in [3.63, 3.8) is 0 Å². The van der Waals surface area contributed by atoms with E-state index in [9.17, 15) is 18.3 Å². The van der Waals surface area contributed by atoms with Gasteiger partial charge in [-0.3, -0.25) is 9.69 Å². The van der Waals surface area contributed by atoms with Crippen LogP contribution < -0.4 is 10.0 Å². The molecule has 0 radical (unpaired) electrons. The summed E-state index contributed by atoms with van der Waals surface area (Å²) < 4.78 is 39.6. The first kappa shape index (κ1) is 23.4. The highest BCUT2D eigenvalue weighted by Gasteiger charge is 2.28. The number of aliphatic hydroxyl groups is 1. The van der Waals surface area contributed by atoms with Crippen LogP contribution in [0.15, 0.2) is 64.1 Å². The van der Waals surface area contributed by atoms with E-state index in [-0.39, 0.29) is 16.7 Å². The number of anilines is 1. The molecule has 1 unspecified atom stereocenters. The van der Waals surface area contributed by atoms with Crippen molar-refractivity contribution >= 4 is 32.4 Å². The van der Waals surface area contributed by atoms with Gasteiger partial charge in [0.2, 0.25) is 16.4 Å². The fourth-order valence-corrected chi connectivity index (χ4v) is 5.52. The van der Waals surface area contributed by atoms with Crippen LogP contribution in [0.2, 0.25) is 0 Å². The molecular formula is C23H27N3O6S. The van der Waals surface area contributed by atoms with Crippen molar-refractivity contribution in [2.24, 2.45) is 0 Å². The highest BCUT2D eigenvalue weighted by Crippen LogP contribution is 2.30. The van der Waals surface area contributed by atoms with Crippen LogP contribution >= 0.6 is 0 Å². The van der Waals surface area contributed by atoms with E-state index >= 15 is 0 Å². The number of hydrogen-bond donors (Lipinski definition) is 3. The third-order valence-corrected chi connectivity index (χ3v) is 7.22. The fourth-order valence-electron chi connectivity index (χ4n) is 3.99. The number of carbonyl (C=O) groups excluding carboxylic acids is 1. The van der Waals surface area contributed by atoms with E-state index in [4.69, 9.17) is 9.15 Å². The Morgan fingerprint density at radius 3 is 2.58 bits per heavy atom. The topological polar surface area (TPSA) is 121 Å². The van der Waals surface area contributed by atoms with Crippen LogP contribution in [0.5, 0.6) is 0 Å². The van der Waals surface area contributed by atoms with Gasteiger partial charge in [0, 0.05) is 42.2 Å². The quantitative estimate of drug-likeness (QED) is 0.430. The molecule has 4 rings (SSSR count).